The fourth-order valence-corrected chi connectivity index (χ4v) is 2.64. The Labute approximate surface area is 152 Å². The monoisotopic (exact) mass is 378 g/mol. The molecular weight excluding hydrogens is 361 g/mol. The number of anilines is 1. The SMILES string of the molecule is O=C(CO)NCC(Nc1nc2ccccc2[nH]1)c1cccc(C(F)(F)F)c1. The lowest BCUT2D eigenvalue weighted by molar-refractivity contribution is -0.137. The number of carbonyl (C=O) groups excluding carboxylic acids is 1. The van der Waals surface area contributed by atoms with Gasteiger partial charge in [0.25, 0.3) is 0 Å². The molecule has 0 saturated heterocycles. The van der Waals surface area contributed by atoms with Crippen LogP contribution in [0.4, 0.5) is 19.1 Å². The number of amides is 1. The fourth-order valence-electron chi connectivity index (χ4n) is 2.64. The topological polar surface area (TPSA) is 90.0 Å². The fraction of sp³-hybridized carbons (Fsp3) is 0.222. The van der Waals surface area contributed by atoms with E-state index in [0.29, 0.717) is 17.0 Å². The predicted molar refractivity (Wildman–Crippen MR) is 94.0 cm³/mol. The molecule has 0 fully saturated rings. The van der Waals surface area contributed by atoms with Gasteiger partial charge in [-0.2, -0.15) is 13.2 Å². The van der Waals surface area contributed by atoms with E-state index in [1.165, 1.54) is 12.1 Å². The molecule has 142 valence electrons. The molecule has 9 heteroatoms. The summed E-state index contributed by atoms with van der Waals surface area (Å²) in [5, 5.41) is 14.3. The number of fused-ring (bicyclic) bond motifs is 1. The van der Waals surface area contributed by atoms with Gasteiger partial charge in [-0.05, 0) is 29.8 Å². The molecule has 0 bridgehead atoms. The third kappa shape index (κ3) is 4.56. The average molecular weight is 378 g/mol. The molecule has 1 amide bonds. The van der Waals surface area contributed by atoms with Crippen molar-refractivity contribution in [1.29, 1.82) is 0 Å². The zero-order chi connectivity index (χ0) is 19.4. The molecule has 3 aromatic rings. The highest BCUT2D eigenvalue weighted by atomic mass is 19.4. The summed E-state index contributed by atoms with van der Waals surface area (Å²) in [7, 11) is 0. The standard InChI is InChI=1S/C18H17F3N4O2/c19-18(20,21)12-5-3-4-11(8-12)15(9-22-16(27)10-26)25-17-23-13-6-1-2-7-14(13)24-17/h1-8,15,26H,9-10H2,(H,22,27)(H2,23,24,25). The number of aliphatic hydroxyl groups is 1. The Bertz CT molecular complexity index is 907. The van der Waals surface area contributed by atoms with Gasteiger partial charge in [-0.25, -0.2) is 4.98 Å². The molecule has 1 heterocycles. The number of H-pyrrole nitrogens is 1. The van der Waals surface area contributed by atoms with Gasteiger partial charge in [-0.3, -0.25) is 4.79 Å². The summed E-state index contributed by atoms with van der Waals surface area (Å²) in [4.78, 5) is 18.8. The summed E-state index contributed by atoms with van der Waals surface area (Å²) in [6.45, 7) is -0.738. The number of para-hydroxylation sites is 2. The predicted octanol–water partition coefficient (Wildman–Crippen LogP) is 2.84. The zero-order valence-corrected chi connectivity index (χ0v) is 14.0. The highest BCUT2D eigenvalue weighted by Gasteiger charge is 2.31. The number of aliphatic hydroxyl groups excluding tert-OH is 1. The quantitative estimate of drug-likeness (QED) is 0.531. The van der Waals surface area contributed by atoms with E-state index in [2.05, 4.69) is 20.6 Å². The number of hydrogen-bond donors (Lipinski definition) is 4. The maximum Gasteiger partial charge on any atom is 0.416 e. The first-order valence-electron chi connectivity index (χ1n) is 8.13. The Kier molecular flexibility index (Phi) is 5.31. The van der Waals surface area contributed by atoms with Crippen molar-refractivity contribution in [3.8, 4) is 0 Å². The summed E-state index contributed by atoms with van der Waals surface area (Å²) in [6, 6.07) is 11.4. The molecular formula is C18H17F3N4O2. The van der Waals surface area contributed by atoms with E-state index in [9.17, 15) is 18.0 Å². The van der Waals surface area contributed by atoms with Crippen molar-refractivity contribution < 1.29 is 23.1 Å². The third-order valence-electron chi connectivity index (χ3n) is 3.96. The molecule has 27 heavy (non-hydrogen) atoms. The Hall–Kier alpha value is -3.07. The molecule has 0 spiro atoms. The number of aromatic amines is 1. The lowest BCUT2D eigenvalue weighted by Crippen LogP contribution is -2.33. The smallest absolute Gasteiger partial charge is 0.387 e. The van der Waals surface area contributed by atoms with Crippen molar-refractivity contribution in [2.24, 2.45) is 0 Å². The molecule has 4 N–H and O–H groups in total. The van der Waals surface area contributed by atoms with E-state index in [1.807, 2.05) is 18.2 Å². The van der Waals surface area contributed by atoms with Gasteiger partial charge in [0.1, 0.15) is 6.61 Å². The number of hydrogen-bond acceptors (Lipinski definition) is 4. The highest BCUT2D eigenvalue weighted by Crippen LogP contribution is 2.31. The summed E-state index contributed by atoms with van der Waals surface area (Å²) in [5.74, 6) is -0.268. The lowest BCUT2D eigenvalue weighted by atomic mass is 10.0. The number of aromatic nitrogens is 2. The first-order valence-corrected chi connectivity index (χ1v) is 8.13. The maximum atomic E-state index is 13.0. The highest BCUT2D eigenvalue weighted by molar-refractivity contribution is 5.78. The van der Waals surface area contributed by atoms with Gasteiger partial charge in [-0.15, -0.1) is 0 Å². The molecule has 1 aromatic heterocycles. The molecule has 0 aliphatic carbocycles. The summed E-state index contributed by atoms with van der Waals surface area (Å²) < 4.78 is 39.1. The van der Waals surface area contributed by atoms with Gasteiger partial charge in [0.2, 0.25) is 11.9 Å². The van der Waals surface area contributed by atoms with Crippen LogP contribution in [0.1, 0.15) is 17.2 Å². The van der Waals surface area contributed by atoms with Crippen LogP contribution in [0.15, 0.2) is 48.5 Å². The number of nitrogens with zero attached hydrogens (tertiary/aromatic N) is 1. The number of alkyl halides is 3. The van der Waals surface area contributed by atoms with Crippen LogP contribution >= 0.6 is 0 Å². The molecule has 2 aromatic carbocycles. The van der Waals surface area contributed by atoms with Crippen molar-refractivity contribution in [3.63, 3.8) is 0 Å². The first-order chi connectivity index (χ1) is 12.9. The van der Waals surface area contributed by atoms with Gasteiger partial charge in [-0.1, -0.05) is 24.3 Å². The van der Waals surface area contributed by atoms with Gasteiger partial charge >= 0.3 is 6.18 Å². The normalized spacial score (nSPS) is 12.7. The van der Waals surface area contributed by atoms with E-state index in [-0.39, 0.29) is 6.54 Å². The van der Waals surface area contributed by atoms with E-state index >= 15 is 0 Å². The summed E-state index contributed by atoms with van der Waals surface area (Å²) >= 11 is 0. The Morgan fingerprint density at radius 2 is 1.96 bits per heavy atom. The molecule has 0 saturated carbocycles. The zero-order valence-electron chi connectivity index (χ0n) is 14.0. The van der Waals surface area contributed by atoms with E-state index in [1.54, 1.807) is 6.07 Å². The Morgan fingerprint density at radius 1 is 1.19 bits per heavy atom. The molecule has 1 unspecified atom stereocenters. The van der Waals surface area contributed by atoms with Crippen molar-refractivity contribution in [1.82, 2.24) is 15.3 Å². The second-order valence-electron chi connectivity index (χ2n) is 5.88. The van der Waals surface area contributed by atoms with Crippen LogP contribution in [0.25, 0.3) is 11.0 Å². The number of nitrogens with one attached hydrogen (secondary N) is 3. The second kappa shape index (κ2) is 7.67. The van der Waals surface area contributed by atoms with Gasteiger partial charge in [0.05, 0.1) is 22.6 Å². The van der Waals surface area contributed by atoms with E-state index < -0.39 is 30.3 Å². The minimum absolute atomic E-state index is 0.0300. The van der Waals surface area contributed by atoms with Crippen LogP contribution in [-0.2, 0) is 11.0 Å². The van der Waals surface area contributed by atoms with Crippen LogP contribution in [0, 0.1) is 0 Å². The van der Waals surface area contributed by atoms with Gasteiger partial charge in [0.15, 0.2) is 0 Å². The molecule has 0 aliphatic rings. The van der Waals surface area contributed by atoms with Crippen LogP contribution in [-0.4, -0.2) is 34.1 Å². The summed E-state index contributed by atoms with van der Waals surface area (Å²) in [5.41, 5.74) is 0.998. The van der Waals surface area contributed by atoms with Crippen LogP contribution in [0.2, 0.25) is 0 Å². The number of benzene rings is 2. The minimum atomic E-state index is -4.48. The van der Waals surface area contributed by atoms with Crippen molar-refractivity contribution in [2.45, 2.75) is 12.2 Å². The van der Waals surface area contributed by atoms with E-state index in [0.717, 1.165) is 17.6 Å². The Balaban J connectivity index is 1.89. The molecule has 6 nitrogen and oxygen atoms in total. The molecule has 0 aliphatic heterocycles. The van der Waals surface area contributed by atoms with Gasteiger partial charge < -0.3 is 20.7 Å². The third-order valence-corrected chi connectivity index (χ3v) is 3.96. The molecule has 0 radical (unpaired) electrons. The maximum absolute atomic E-state index is 13.0. The molecule has 3 rings (SSSR count). The lowest BCUT2D eigenvalue weighted by Gasteiger charge is -2.20. The number of rotatable bonds is 6. The van der Waals surface area contributed by atoms with E-state index in [4.69, 9.17) is 5.11 Å². The minimum Gasteiger partial charge on any atom is -0.387 e. The van der Waals surface area contributed by atoms with Crippen molar-refractivity contribution >= 4 is 22.9 Å². The average Bonchev–Trinajstić information content (AvgIpc) is 3.06. The number of halogens is 3. The summed E-state index contributed by atoms with van der Waals surface area (Å²) in [6.07, 6.45) is -4.48. The van der Waals surface area contributed by atoms with Crippen LogP contribution in [0.5, 0.6) is 0 Å². The van der Waals surface area contributed by atoms with Crippen LogP contribution in [0.3, 0.4) is 0 Å². The van der Waals surface area contributed by atoms with Crippen molar-refractivity contribution in [3.05, 3.63) is 59.7 Å². The number of carbonyl (C=O) groups is 1. The van der Waals surface area contributed by atoms with Crippen LogP contribution < -0.4 is 10.6 Å². The molecule has 1 atom stereocenters. The van der Waals surface area contributed by atoms with Crippen molar-refractivity contribution in [2.75, 3.05) is 18.5 Å². The van der Waals surface area contributed by atoms with Gasteiger partial charge in [0, 0.05) is 6.54 Å². The number of imidazole rings is 1. The Morgan fingerprint density at radius 3 is 2.67 bits per heavy atom. The second-order valence-corrected chi connectivity index (χ2v) is 5.88. The first kappa shape index (κ1) is 18.7. The largest absolute Gasteiger partial charge is 0.416 e.